The fourth-order valence-corrected chi connectivity index (χ4v) is 1.99. The van der Waals surface area contributed by atoms with Gasteiger partial charge in [-0.05, 0) is 38.3 Å². The molecule has 0 radical (unpaired) electrons. The third-order valence-electron chi connectivity index (χ3n) is 3.00. The van der Waals surface area contributed by atoms with Gasteiger partial charge in [0.15, 0.2) is 0 Å². The predicted molar refractivity (Wildman–Crippen MR) is 75.0 cm³/mol. The molecule has 0 aromatic carbocycles. The van der Waals surface area contributed by atoms with Gasteiger partial charge in [0, 0.05) is 5.92 Å². The Morgan fingerprint density at radius 2 is 2.00 bits per heavy atom. The lowest BCUT2D eigenvalue weighted by Crippen LogP contribution is -2.21. The van der Waals surface area contributed by atoms with Gasteiger partial charge in [0.2, 0.25) is 0 Å². The summed E-state index contributed by atoms with van der Waals surface area (Å²) in [6.07, 6.45) is 3.92. The van der Waals surface area contributed by atoms with E-state index in [4.69, 9.17) is 0 Å². The maximum absolute atomic E-state index is 13.9. The largest absolute Gasteiger partial charge is 0.316 e. The van der Waals surface area contributed by atoms with Crippen LogP contribution in [0.15, 0.2) is 24.1 Å². The highest BCUT2D eigenvalue weighted by molar-refractivity contribution is 5.16. The van der Waals surface area contributed by atoms with E-state index in [9.17, 15) is 8.78 Å². The number of halogens is 2. The van der Waals surface area contributed by atoms with Crippen LogP contribution in [0.2, 0.25) is 0 Å². The monoisotopic (exact) mass is 259 g/mol. The Hall–Kier alpha value is -0.700. The second kappa shape index (κ2) is 10.2. The van der Waals surface area contributed by atoms with Crippen molar-refractivity contribution < 1.29 is 8.78 Å². The highest BCUT2D eigenvalue weighted by Gasteiger charge is 2.24. The summed E-state index contributed by atoms with van der Waals surface area (Å²) in [5, 5.41) is 3.25. The van der Waals surface area contributed by atoms with Crippen LogP contribution in [0, 0.1) is 11.8 Å². The topological polar surface area (TPSA) is 12.0 Å². The second-order valence-corrected chi connectivity index (χ2v) is 4.76. The van der Waals surface area contributed by atoms with Crippen molar-refractivity contribution in [2.75, 3.05) is 19.8 Å². The number of hydrogen-bond donors (Lipinski definition) is 1. The molecule has 0 bridgehead atoms. The molecule has 0 aliphatic carbocycles. The summed E-state index contributed by atoms with van der Waals surface area (Å²) >= 11 is 0. The maximum atomic E-state index is 13.9. The summed E-state index contributed by atoms with van der Waals surface area (Å²) in [5.74, 6) is -1.05. The molecule has 0 aromatic heterocycles. The van der Waals surface area contributed by atoms with Crippen LogP contribution in [0.1, 0.15) is 40.0 Å². The number of hydrogen-bond acceptors (Lipinski definition) is 1. The molecule has 0 amide bonds. The van der Waals surface area contributed by atoms with E-state index in [0.717, 1.165) is 25.1 Å². The number of allylic oxidation sites excluding steroid dienone is 2. The first-order valence-corrected chi connectivity index (χ1v) is 6.88. The normalized spacial score (nSPS) is 15.5. The lowest BCUT2D eigenvalue weighted by atomic mass is 9.85. The van der Waals surface area contributed by atoms with Crippen molar-refractivity contribution in [2.45, 2.75) is 40.0 Å². The zero-order valence-electron chi connectivity index (χ0n) is 11.9. The minimum absolute atomic E-state index is 0.233. The van der Waals surface area contributed by atoms with E-state index < -0.39 is 12.6 Å². The van der Waals surface area contributed by atoms with Gasteiger partial charge < -0.3 is 5.32 Å². The molecular weight excluding hydrogens is 232 g/mol. The number of nitrogens with one attached hydrogen (secondary N) is 1. The molecule has 106 valence electrons. The van der Waals surface area contributed by atoms with Gasteiger partial charge in [0.1, 0.15) is 5.83 Å². The van der Waals surface area contributed by atoms with E-state index in [2.05, 4.69) is 18.8 Å². The van der Waals surface area contributed by atoms with E-state index >= 15 is 0 Å². The molecule has 0 aliphatic heterocycles. The standard InChI is InChI=1S/C15H27F2N/c1-5-7-14(17)15(13(4)11-16)12(3)8-10-18-9-6-2/h7,13,15,18H,3,5-6,8-11H2,1-2,4H3/t13-,15?/m0/s1. The zero-order valence-corrected chi connectivity index (χ0v) is 11.9. The quantitative estimate of drug-likeness (QED) is 0.452. The van der Waals surface area contributed by atoms with Crippen LogP contribution in [0.4, 0.5) is 8.78 Å². The Morgan fingerprint density at radius 3 is 2.50 bits per heavy atom. The Kier molecular flexibility index (Phi) is 9.85. The van der Waals surface area contributed by atoms with Gasteiger partial charge in [0.05, 0.1) is 6.67 Å². The highest BCUT2D eigenvalue weighted by Crippen LogP contribution is 2.30. The van der Waals surface area contributed by atoms with Crippen LogP contribution in [-0.4, -0.2) is 19.8 Å². The van der Waals surface area contributed by atoms with E-state index in [1.54, 1.807) is 6.92 Å². The number of rotatable bonds is 10. The molecule has 0 aliphatic rings. The first-order chi connectivity index (χ1) is 8.58. The molecule has 2 atom stereocenters. The fraction of sp³-hybridized carbons (Fsp3) is 0.733. The van der Waals surface area contributed by atoms with Gasteiger partial charge in [-0.3, -0.25) is 4.39 Å². The Morgan fingerprint density at radius 1 is 1.33 bits per heavy atom. The van der Waals surface area contributed by atoms with Gasteiger partial charge in [-0.15, -0.1) is 0 Å². The highest BCUT2D eigenvalue weighted by atomic mass is 19.1. The average molecular weight is 259 g/mol. The summed E-state index contributed by atoms with van der Waals surface area (Å²) in [5.41, 5.74) is 0.783. The van der Waals surface area contributed by atoms with E-state index in [1.807, 2.05) is 6.92 Å². The van der Waals surface area contributed by atoms with Gasteiger partial charge in [0.25, 0.3) is 0 Å². The van der Waals surface area contributed by atoms with Gasteiger partial charge in [-0.2, -0.15) is 0 Å². The van der Waals surface area contributed by atoms with Crippen molar-refractivity contribution in [1.29, 1.82) is 0 Å². The van der Waals surface area contributed by atoms with Crippen LogP contribution in [0.5, 0.6) is 0 Å². The van der Waals surface area contributed by atoms with Crippen LogP contribution >= 0.6 is 0 Å². The molecule has 1 N–H and O–H groups in total. The van der Waals surface area contributed by atoms with E-state index in [0.29, 0.717) is 12.8 Å². The molecule has 0 saturated carbocycles. The molecule has 1 unspecified atom stereocenters. The van der Waals surface area contributed by atoms with Crippen molar-refractivity contribution >= 4 is 0 Å². The molecule has 0 fully saturated rings. The van der Waals surface area contributed by atoms with Gasteiger partial charge in [-0.1, -0.05) is 39.0 Å². The second-order valence-electron chi connectivity index (χ2n) is 4.76. The summed E-state index contributed by atoms with van der Waals surface area (Å²) in [6, 6.07) is 0. The predicted octanol–water partition coefficient (Wildman–Crippen LogP) is 4.42. The Balaban J connectivity index is 4.46. The lowest BCUT2D eigenvalue weighted by Gasteiger charge is -2.23. The molecule has 0 aromatic rings. The molecule has 18 heavy (non-hydrogen) atoms. The smallest absolute Gasteiger partial charge is 0.103 e. The third-order valence-corrected chi connectivity index (χ3v) is 3.00. The average Bonchev–Trinajstić information content (AvgIpc) is 2.35. The molecule has 0 saturated heterocycles. The Labute approximate surface area is 110 Å². The van der Waals surface area contributed by atoms with Crippen molar-refractivity contribution in [3.05, 3.63) is 24.1 Å². The summed E-state index contributed by atoms with van der Waals surface area (Å²) in [7, 11) is 0. The van der Waals surface area contributed by atoms with Crippen molar-refractivity contribution in [1.82, 2.24) is 5.32 Å². The van der Waals surface area contributed by atoms with Crippen LogP contribution < -0.4 is 5.32 Å². The first kappa shape index (κ1) is 17.3. The number of alkyl halides is 1. The van der Waals surface area contributed by atoms with Crippen molar-refractivity contribution in [3.63, 3.8) is 0 Å². The summed E-state index contributed by atoms with van der Waals surface area (Å²) < 4.78 is 26.7. The minimum Gasteiger partial charge on any atom is -0.316 e. The molecule has 1 nitrogen and oxygen atoms in total. The zero-order chi connectivity index (χ0) is 14.0. The van der Waals surface area contributed by atoms with Crippen LogP contribution in [0.3, 0.4) is 0 Å². The van der Waals surface area contributed by atoms with Crippen LogP contribution in [-0.2, 0) is 0 Å². The Bertz CT molecular complexity index is 261. The summed E-state index contributed by atoms with van der Waals surface area (Å²) in [4.78, 5) is 0. The molecule has 0 spiro atoms. The SMILES string of the molecule is C=C(CCNCCC)C(C(F)=CCC)[C@@H](C)CF. The lowest BCUT2D eigenvalue weighted by molar-refractivity contribution is 0.300. The molecule has 0 heterocycles. The van der Waals surface area contributed by atoms with Gasteiger partial charge >= 0.3 is 0 Å². The maximum Gasteiger partial charge on any atom is 0.103 e. The molecule has 0 rings (SSSR count). The summed E-state index contributed by atoms with van der Waals surface area (Å²) in [6.45, 7) is 10.9. The van der Waals surface area contributed by atoms with Gasteiger partial charge in [-0.25, -0.2) is 4.39 Å². The fourth-order valence-electron chi connectivity index (χ4n) is 1.99. The van der Waals surface area contributed by atoms with E-state index in [-0.39, 0.29) is 11.7 Å². The third kappa shape index (κ3) is 6.29. The van der Waals surface area contributed by atoms with E-state index in [1.165, 1.54) is 6.08 Å². The van der Waals surface area contributed by atoms with Crippen molar-refractivity contribution in [3.8, 4) is 0 Å². The minimum atomic E-state index is -0.517. The first-order valence-electron chi connectivity index (χ1n) is 6.88. The molecule has 3 heteroatoms. The molecular formula is C15H27F2N. The van der Waals surface area contributed by atoms with Crippen LogP contribution in [0.25, 0.3) is 0 Å². The van der Waals surface area contributed by atoms with Crippen molar-refractivity contribution in [2.24, 2.45) is 11.8 Å².